The van der Waals surface area contributed by atoms with E-state index in [-0.39, 0.29) is 5.91 Å². The first-order valence-electron chi connectivity index (χ1n) is 8.79. The fourth-order valence-corrected chi connectivity index (χ4v) is 3.87. The zero-order valence-electron chi connectivity index (χ0n) is 13.9. The standard InChI is InChI=1S/C18H21N3O4/c22-16(14-9-10-15(25-14)17(23)24)20-18-19-12-7-3-4-8-13(12)21(18)11-5-1-2-6-11/h3-4,7-8,11,14-15H,1-2,5-6,9-10H2,(H,23,24)(H,19,20,22)/t14-,15+/m0/s1. The van der Waals surface area contributed by atoms with Crippen LogP contribution in [0.3, 0.4) is 0 Å². The molecular weight excluding hydrogens is 322 g/mol. The lowest BCUT2D eigenvalue weighted by Crippen LogP contribution is -2.31. The first-order valence-corrected chi connectivity index (χ1v) is 8.79. The Bertz CT molecular complexity index is 810. The van der Waals surface area contributed by atoms with Gasteiger partial charge in [0.2, 0.25) is 5.95 Å². The highest BCUT2D eigenvalue weighted by Gasteiger charge is 2.35. The zero-order chi connectivity index (χ0) is 17.4. The smallest absolute Gasteiger partial charge is 0.332 e. The highest BCUT2D eigenvalue weighted by Crippen LogP contribution is 2.35. The van der Waals surface area contributed by atoms with Crippen LogP contribution in [0.1, 0.15) is 44.6 Å². The minimum Gasteiger partial charge on any atom is -0.479 e. The number of anilines is 1. The number of carbonyl (C=O) groups is 2. The molecule has 2 aliphatic rings. The number of hydrogen-bond acceptors (Lipinski definition) is 4. The van der Waals surface area contributed by atoms with E-state index < -0.39 is 18.2 Å². The van der Waals surface area contributed by atoms with Crippen LogP contribution < -0.4 is 5.32 Å². The zero-order valence-corrected chi connectivity index (χ0v) is 13.9. The van der Waals surface area contributed by atoms with Crippen LogP contribution in [0.25, 0.3) is 11.0 Å². The van der Waals surface area contributed by atoms with Crippen LogP contribution in [0.2, 0.25) is 0 Å². The molecule has 0 unspecified atom stereocenters. The summed E-state index contributed by atoms with van der Waals surface area (Å²) >= 11 is 0. The Hall–Kier alpha value is -2.41. The predicted octanol–water partition coefficient (Wildman–Crippen LogP) is 2.72. The molecule has 2 heterocycles. The molecule has 4 rings (SSSR count). The van der Waals surface area contributed by atoms with Crippen molar-refractivity contribution in [1.29, 1.82) is 0 Å². The molecule has 1 aliphatic heterocycles. The summed E-state index contributed by atoms with van der Waals surface area (Å²) in [7, 11) is 0. The average Bonchev–Trinajstić information content (AvgIpc) is 3.33. The van der Waals surface area contributed by atoms with Crippen molar-refractivity contribution in [2.24, 2.45) is 0 Å². The monoisotopic (exact) mass is 343 g/mol. The number of amides is 1. The number of nitrogens with zero attached hydrogens (tertiary/aromatic N) is 2. The van der Waals surface area contributed by atoms with Crippen molar-refractivity contribution in [2.75, 3.05) is 5.32 Å². The molecule has 0 radical (unpaired) electrons. The number of carbonyl (C=O) groups excluding carboxylic acids is 1. The number of carboxylic acids is 1. The maximum absolute atomic E-state index is 12.5. The van der Waals surface area contributed by atoms with Crippen LogP contribution in [0.15, 0.2) is 24.3 Å². The van der Waals surface area contributed by atoms with Crippen molar-refractivity contribution >= 4 is 28.9 Å². The maximum Gasteiger partial charge on any atom is 0.332 e. The number of ether oxygens (including phenoxy) is 1. The van der Waals surface area contributed by atoms with Gasteiger partial charge in [-0.1, -0.05) is 25.0 Å². The quantitative estimate of drug-likeness (QED) is 0.890. The van der Waals surface area contributed by atoms with Crippen molar-refractivity contribution in [3.63, 3.8) is 0 Å². The maximum atomic E-state index is 12.5. The highest BCUT2D eigenvalue weighted by molar-refractivity contribution is 5.95. The fraction of sp³-hybridized carbons (Fsp3) is 0.500. The van der Waals surface area contributed by atoms with Crippen molar-refractivity contribution in [2.45, 2.75) is 56.8 Å². The van der Waals surface area contributed by atoms with Gasteiger partial charge in [0.15, 0.2) is 6.10 Å². The van der Waals surface area contributed by atoms with E-state index in [1.54, 1.807) is 0 Å². The third-order valence-corrected chi connectivity index (χ3v) is 5.11. The van der Waals surface area contributed by atoms with E-state index in [2.05, 4.69) is 14.9 Å². The molecule has 132 valence electrons. The lowest BCUT2D eigenvalue weighted by atomic mass is 10.2. The Morgan fingerprint density at radius 2 is 1.84 bits per heavy atom. The Morgan fingerprint density at radius 1 is 1.12 bits per heavy atom. The van der Waals surface area contributed by atoms with Gasteiger partial charge in [0.05, 0.1) is 11.0 Å². The molecule has 1 aromatic heterocycles. The van der Waals surface area contributed by atoms with Gasteiger partial charge in [-0.05, 0) is 37.8 Å². The van der Waals surface area contributed by atoms with Crippen LogP contribution >= 0.6 is 0 Å². The van der Waals surface area contributed by atoms with Gasteiger partial charge in [-0.15, -0.1) is 0 Å². The second-order valence-electron chi connectivity index (χ2n) is 6.75. The summed E-state index contributed by atoms with van der Waals surface area (Å²) in [6.07, 6.45) is 3.63. The minimum atomic E-state index is -1.02. The number of aromatic nitrogens is 2. The van der Waals surface area contributed by atoms with E-state index in [0.717, 1.165) is 23.9 Å². The number of hydrogen-bond donors (Lipinski definition) is 2. The van der Waals surface area contributed by atoms with E-state index in [1.165, 1.54) is 12.8 Å². The lowest BCUT2D eigenvalue weighted by Gasteiger charge is -2.18. The van der Waals surface area contributed by atoms with Crippen LogP contribution in [-0.2, 0) is 14.3 Å². The number of rotatable bonds is 4. The number of para-hydroxylation sites is 2. The van der Waals surface area contributed by atoms with Crippen molar-refractivity contribution in [1.82, 2.24) is 9.55 Å². The van der Waals surface area contributed by atoms with Gasteiger partial charge in [0, 0.05) is 6.04 Å². The molecule has 1 aromatic carbocycles. The number of benzene rings is 1. The molecule has 1 saturated heterocycles. The molecular formula is C18H21N3O4. The highest BCUT2D eigenvalue weighted by atomic mass is 16.5. The first kappa shape index (κ1) is 16.1. The van der Waals surface area contributed by atoms with E-state index in [0.29, 0.717) is 24.8 Å². The average molecular weight is 343 g/mol. The number of fused-ring (bicyclic) bond motifs is 1. The van der Waals surface area contributed by atoms with Gasteiger partial charge < -0.3 is 14.4 Å². The van der Waals surface area contributed by atoms with Crippen molar-refractivity contribution < 1.29 is 19.4 Å². The number of aliphatic carboxylic acids is 1. The Kier molecular flexibility index (Phi) is 4.17. The first-order chi connectivity index (χ1) is 12.1. The predicted molar refractivity (Wildman–Crippen MR) is 91.4 cm³/mol. The Balaban J connectivity index is 1.59. The molecule has 1 saturated carbocycles. The number of imidazole rings is 1. The summed E-state index contributed by atoms with van der Waals surface area (Å²) in [5.74, 6) is -0.813. The van der Waals surface area contributed by atoms with Crippen molar-refractivity contribution in [3.8, 4) is 0 Å². The third-order valence-electron chi connectivity index (χ3n) is 5.11. The van der Waals surface area contributed by atoms with Gasteiger partial charge in [0.1, 0.15) is 6.10 Å². The molecule has 0 bridgehead atoms. The van der Waals surface area contributed by atoms with Gasteiger partial charge in [-0.2, -0.15) is 0 Å². The van der Waals surface area contributed by atoms with Gasteiger partial charge in [-0.25, -0.2) is 9.78 Å². The van der Waals surface area contributed by atoms with E-state index >= 15 is 0 Å². The molecule has 1 amide bonds. The number of nitrogens with one attached hydrogen (secondary N) is 1. The summed E-state index contributed by atoms with van der Waals surface area (Å²) in [5.41, 5.74) is 1.86. The molecule has 2 aromatic rings. The minimum absolute atomic E-state index is 0.321. The fourth-order valence-electron chi connectivity index (χ4n) is 3.87. The molecule has 25 heavy (non-hydrogen) atoms. The molecule has 2 atom stereocenters. The van der Waals surface area contributed by atoms with E-state index in [9.17, 15) is 9.59 Å². The SMILES string of the molecule is O=C(Nc1nc2ccccc2n1C1CCCC1)[C@@H]1CC[C@H](C(=O)O)O1. The molecule has 7 nitrogen and oxygen atoms in total. The largest absolute Gasteiger partial charge is 0.479 e. The summed E-state index contributed by atoms with van der Waals surface area (Å²) < 4.78 is 7.46. The Labute approximate surface area is 145 Å². The van der Waals surface area contributed by atoms with Crippen molar-refractivity contribution in [3.05, 3.63) is 24.3 Å². The normalized spacial score (nSPS) is 24.0. The topological polar surface area (TPSA) is 93.5 Å². The summed E-state index contributed by atoms with van der Waals surface area (Å²) in [6, 6.07) is 8.18. The summed E-state index contributed by atoms with van der Waals surface area (Å²) in [4.78, 5) is 28.1. The number of carboxylic acid groups (broad SMARTS) is 1. The molecule has 7 heteroatoms. The van der Waals surface area contributed by atoms with Gasteiger partial charge in [0.25, 0.3) is 5.91 Å². The van der Waals surface area contributed by atoms with Crippen LogP contribution in [0.5, 0.6) is 0 Å². The third kappa shape index (κ3) is 3.00. The second-order valence-corrected chi connectivity index (χ2v) is 6.75. The van der Waals surface area contributed by atoms with Crippen LogP contribution in [-0.4, -0.2) is 38.7 Å². The van der Waals surface area contributed by atoms with Crippen LogP contribution in [0.4, 0.5) is 5.95 Å². The lowest BCUT2D eigenvalue weighted by molar-refractivity contribution is -0.150. The summed E-state index contributed by atoms with van der Waals surface area (Å²) in [5, 5.41) is 11.9. The Morgan fingerprint density at radius 3 is 2.56 bits per heavy atom. The van der Waals surface area contributed by atoms with Gasteiger partial charge >= 0.3 is 5.97 Å². The second kappa shape index (κ2) is 6.48. The molecule has 2 N–H and O–H groups in total. The van der Waals surface area contributed by atoms with E-state index in [1.807, 2.05) is 24.3 Å². The molecule has 0 spiro atoms. The molecule has 2 fully saturated rings. The van der Waals surface area contributed by atoms with Gasteiger partial charge in [-0.3, -0.25) is 10.1 Å². The van der Waals surface area contributed by atoms with E-state index in [4.69, 9.17) is 9.84 Å². The summed E-state index contributed by atoms with van der Waals surface area (Å²) in [6.45, 7) is 0. The van der Waals surface area contributed by atoms with Crippen LogP contribution in [0, 0.1) is 0 Å². The molecule has 1 aliphatic carbocycles.